The predicted molar refractivity (Wildman–Crippen MR) is 601 cm³/mol. The maximum atomic E-state index is 6.21. The summed E-state index contributed by atoms with van der Waals surface area (Å²) in [6.45, 7) is 9.39. The van der Waals surface area contributed by atoms with Crippen LogP contribution in [0.3, 0.4) is 0 Å². The van der Waals surface area contributed by atoms with Gasteiger partial charge in [-0.3, -0.25) is 0 Å². The molecule has 145 heavy (non-hydrogen) atoms. The van der Waals surface area contributed by atoms with E-state index < -0.39 is 0 Å². The molecule has 0 bridgehead atoms. The minimum absolute atomic E-state index is 0.0302. The van der Waals surface area contributed by atoms with Crippen LogP contribution in [0.4, 0.5) is 0 Å². The number of furan rings is 1. The summed E-state index contributed by atoms with van der Waals surface area (Å²) in [6.07, 6.45) is 0. The van der Waals surface area contributed by atoms with Gasteiger partial charge in [-0.25, -0.2) is 44.9 Å². The van der Waals surface area contributed by atoms with E-state index in [1.165, 1.54) is 136 Å². The molecule has 30 rings (SSSR count). The average molecular weight is 1850 g/mol. The number of aromatic nitrogens is 9. The summed E-state index contributed by atoms with van der Waals surface area (Å²) in [5.41, 5.74) is 21.3. The molecule has 0 amide bonds. The van der Waals surface area contributed by atoms with Gasteiger partial charge >= 0.3 is 0 Å². The Hall–Kier alpha value is -18.8. The van der Waals surface area contributed by atoms with Crippen LogP contribution in [0.25, 0.3) is 276 Å². The third-order valence-electron chi connectivity index (χ3n) is 30.1. The van der Waals surface area contributed by atoms with Crippen molar-refractivity contribution in [2.75, 3.05) is 0 Å². The van der Waals surface area contributed by atoms with E-state index in [1.807, 2.05) is 78.9 Å². The van der Waals surface area contributed by atoms with Crippen LogP contribution in [-0.2, 0) is 10.8 Å². The van der Waals surface area contributed by atoms with E-state index in [1.54, 1.807) is 0 Å². The second kappa shape index (κ2) is 33.5. The van der Waals surface area contributed by atoms with Gasteiger partial charge in [-0.15, -0.1) is 0 Å². The molecular formula is C135H87N9O. The van der Waals surface area contributed by atoms with Crippen molar-refractivity contribution in [3.8, 4) is 125 Å². The molecule has 10 heteroatoms. The molecule has 2 aliphatic carbocycles. The number of hydrogen-bond donors (Lipinski definition) is 0. The molecule has 678 valence electrons. The van der Waals surface area contributed by atoms with Crippen molar-refractivity contribution in [3.63, 3.8) is 0 Å². The number of fused-ring (bicyclic) bond motifs is 27. The van der Waals surface area contributed by atoms with Crippen LogP contribution in [0.2, 0.25) is 0 Å². The van der Waals surface area contributed by atoms with Crippen LogP contribution >= 0.6 is 0 Å². The molecule has 0 saturated heterocycles. The Morgan fingerprint density at radius 3 is 0.807 bits per heavy atom. The first-order valence-electron chi connectivity index (χ1n) is 49.5. The summed E-state index contributed by atoms with van der Waals surface area (Å²) in [5.74, 6) is 5.93. The van der Waals surface area contributed by atoms with E-state index in [-0.39, 0.29) is 10.8 Å². The van der Waals surface area contributed by atoms with Crippen molar-refractivity contribution >= 4 is 151 Å². The molecule has 0 radical (unpaired) electrons. The zero-order valence-electron chi connectivity index (χ0n) is 79.7. The highest BCUT2D eigenvalue weighted by Gasteiger charge is 2.38. The standard InChI is InChI=1S/2C46H31N3.C43H25N3O/c1-46(2)40-15-9-8-14-37(40)39-27-38-33(26-41(39)46)20-18-29-17-19-32-25-35(22-23-36(32)42(29)38)45-48-43(30-11-4-3-5-12-30)47-44(49-45)34-21-16-28-10-6-7-13-31(28)24-34;1-46(2)40-15-9-8-14-37(40)39-26-33-20-18-29-17-19-32-25-35(22-23-36(32)42(29)38(33)27-41(39)46)45-48-43(30-11-4-3-5-12-30)47-44(49-45)34-21-16-28-10-6-7-13-31(28)24-34;1-2-9-28(10-3-1)41-44-42(32-19-14-26-8-4-5-11-29(26)22-32)46-43(45-41)33-20-21-34-30(23-33)17-15-27-16-18-31-24-39-37(25-36(31)40(27)34)35-12-6-7-13-38(35)47-39/h2*3-27H,1-2H3;1-25H. The molecule has 0 N–H and O–H groups in total. The Morgan fingerprint density at radius 2 is 0.414 bits per heavy atom. The lowest BCUT2D eigenvalue weighted by atomic mass is 9.81. The maximum absolute atomic E-state index is 6.21. The van der Waals surface area contributed by atoms with Crippen LogP contribution in [0.5, 0.6) is 0 Å². The highest BCUT2D eigenvalue weighted by atomic mass is 16.3. The second-order valence-electron chi connectivity index (χ2n) is 39.4. The number of rotatable bonds is 9. The first-order chi connectivity index (χ1) is 71.3. The number of para-hydroxylation sites is 1. The van der Waals surface area contributed by atoms with E-state index >= 15 is 0 Å². The molecule has 0 unspecified atom stereocenters. The van der Waals surface area contributed by atoms with Crippen molar-refractivity contribution in [1.82, 2.24) is 44.9 Å². The summed E-state index contributed by atoms with van der Waals surface area (Å²) >= 11 is 0. The zero-order valence-corrected chi connectivity index (χ0v) is 79.7. The Morgan fingerprint density at radius 1 is 0.145 bits per heavy atom. The van der Waals surface area contributed by atoms with Crippen LogP contribution in [-0.4, -0.2) is 44.9 Å². The third-order valence-corrected chi connectivity index (χ3v) is 30.1. The lowest BCUT2D eigenvalue weighted by Crippen LogP contribution is -2.14. The van der Waals surface area contributed by atoms with Gasteiger partial charge in [-0.05, 0) is 253 Å². The van der Waals surface area contributed by atoms with E-state index in [0.29, 0.717) is 52.4 Å². The average Bonchev–Trinajstić information content (AvgIpc) is 1.59. The quantitative estimate of drug-likeness (QED) is 0.129. The molecule has 2 aliphatic rings. The number of nitrogens with zero attached hydrogens (tertiary/aromatic N) is 9. The van der Waals surface area contributed by atoms with Gasteiger partial charge in [0.1, 0.15) is 11.2 Å². The number of hydrogen-bond acceptors (Lipinski definition) is 10. The molecule has 0 saturated carbocycles. The van der Waals surface area contributed by atoms with Crippen molar-refractivity contribution < 1.29 is 4.42 Å². The van der Waals surface area contributed by atoms with Gasteiger partial charge in [0, 0.05) is 71.7 Å². The molecule has 0 fully saturated rings. The van der Waals surface area contributed by atoms with Crippen LogP contribution in [0, 0.1) is 0 Å². The van der Waals surface area contributed by atoms with Gasteiger partial charge in [-0.2, -0.15) is 0 Å². The van der Waals surface area contributed by atoms with Crippen molar-refractivity contribution in [2.24, 2.45) is 0 Å². The predicted octanol–water partition coefficient (Wildman–Crippen LogP) is 35.0. The smallest absolute Gasteiger partial charge is 0.164 e. The second-order valence-corrected chi connectivity index (χ2v) is 39.4. The minimum Gasteiger partial charge on any atom is -0.456 e. The molecule has 28 aromatic rings. The fourth-order valence-corrected chi connectivity index (χ4v) is 22.7. The lowest BCUT2D eigenvalue weighted by molar-refractivity contribution is 0.661. The highest BCUT2D eigenvalue weighted by Crippen LogP contribution is 2.54. The normalized spacial score (nSPS) is 12.8. The fourth-order valence-electron chi connectivity index (χ4n) is 22.7. The van der Waals surface area contributed by atoms with Gasteiger partial charge in [0.2, 0.25) is 0 Å². The first kappa shape index (κ1) is 84.3. The van der Waals surface area contributed by atoms with Gasteiger partial charge in [-0.1, -0.05) is 404 Å². The molecule has 10 nitrogen and oxygen atoms in total. The fraction of sp³-hybridized carbons (Fsp3) is 0.0444. The summed E-state index contributed by atoms with van der Waals surface area (Å²) in [4.78, 5) is 45.2. The van der Waals surface area contributed by atoms with Crippen molar-refractivity contribution in [1.29, 1.82) is 0 Å². The monoisotopic (exact) mass is 1850 g/mol. The SMILES string of the molecule is CC1(C)c2ccccc2-c2cc3c(ccc4ccc5cc(-c6nc(-c7ccccc7)nc(-c7ccc8ccccc8c7)n6)ccc5c43)cc21.CC1(C)c2ccccc2-c2cc3ccc4ccc5cc(-c6nc(-c7ccccc7)nc(-c7ccc8ccccc8c7)n6)ccc5c4c3cc21.c1ccc(-c2nc(-c3ccc4ccccc4c3)nc(-c3ccc4c(ccc5ccc6cc7oc8ccccc8c7cc6c54)c3)n2)cc1. The van der Waals surface area contributed by atoms with Crippen molar-refractivity contribution in [2.45, 2.75) is 38.5 Å². The molecule has 4 heterocycles. The van der Waals surface area contributed by atoms with Crippen molar-refractivity contribution in [3.05, 3.63) is 477 Å². The van der Waals surface area contributed by atoms with Crippen LogP contribution in [0.15, 0.2) is 459 Å². The Kier molecular flexibility index (Phi) is 19.5. The Balaban J connectivity index is 0.000000106. The van der Waals surface area contributed by atoms with Crippen LogP contribution < -0.4 is 0 Å². The molecule has 4 aromatic heterocycles. The van der Waals surface area contributed by atoms with Gasteiger partial charge in [0.15, 0.2) is 52.4 Å². The van der Waals surface area contributed by atoms with E-state index in [9.17, 15) is 0 Å². The molecule has 0 aliphatic heterocycles. The first-order valence-corrected chi connectivity index (χ1v) is 49.5. The molecular weight excluding hydrogens is 1760 g/mol. The van der Waals surface area contributed by atoms with E-state index in [2.05, 4.69) is 404 Å². The highest BCUT2D eigenvalue weighted by molar-refractivity contribution is 6.26. The lowest BCUT2D eigenvalue weighted by Gasteiger charge is -2.22. The van der Waals surface area contributed by atoms with E-state index in [4.69, 9.17) is 49.3 Å². The maximum Gasteiger partial charge on any atom is 0.164 e. The molecule has 0 atom stereocenters. The third kappa shape index (κ3) is 14.4. The topological polar surface area (TPSA) is 129 Å². The Bertz CT molecular complexity index is 10300. The minimum atomic E-state index is -0.0576. The van der Waals surface area contributed by atoms with Crippen LogP contribution in [0.1, 0.15) is 49.9 Å². The largest absolute Gasteiger partial charge is 0.456 e. The molecule has 24 aromatic carbocycles. The summed E-state index contributed by atoms with van der Waals surface area (Å²) in [6, 6.07) is 162. The molecule has 0 spiro atoms. The summed E-state index contributed by atoms with van der Waals surface area (Å²) < 4.78 is 6.21. The number of benzene rings is 24. The summed E-state index contributed by atoms with van der Waals surface area (Å²) in [7, 11) is 0. The zero-order chi connectivity index (χ0) is 96.3. The summed E-state index contributed by atoms with van der Waals surface area (Å²) in [5, 5.41) is 31.4. The van der Waals surface area contributed by atoms with Gasteiger partial charge in [0.05, 0.1) is 0 Å². The van der Waals surface area contributed by atoms with Gasteiger partial charge < -0.3 is 4.42 Å². The van der Waals surface area contributed by atoms with Gasteiger partial charge in [0.25, 0.3) is 0 Å². The Labute approximate surface area is 835 Å². The van der Waals surface area contributed by atoms with E-state index in [0.717, 1.165) is 110 Å².